The summed E-state index contributed by atoms with van der Waals surface area (Å²) >= 11 is 5.91. The number of rotatable bonds is 2. The number of aromatic nitrogens is 2. The van der Waals surface area contributed by atoms with Gasteiger partial charge in [-0.1, -0.05) is 36.4 Å². The Kier molecular flexibility index (Phi) is 3.13. The van der Waals surface area contributed by atoms with E-state index in [1.807, 2.05) is 30.3 Å². The maximum Gasteiger partial charge on any atom is 0.223 e. The lowest BCUT2D eigenvalue weighted by Gasteiger charge is -2.07. The van der Waals surface area contributed by atoms with Crippen molar-refractivity contribution in [3.05, 3.63) is 70.9 Å². The van der Waals surface area contributed by atoms with Gasteiger partial charge >= 0.3 is 0 Å². The summed E-state index contributed by atoms with van der Waals surface area (Å²) in [4.78, 5) is 8.39. The van der Waals surface area contributed by atoms with Gasteiger partial charge in [0.2, 0.25) is 5.28 Å². The zero-order valence-corrected chi connectivity index (χ0v) is 10.7. The Labute approximate surface area is 114 Å². The molecule has 0 aliphatic rings. The summed E-state index contributed by atoms with van der Waals surface area (Å²) in [5.74, 6) is -0.235. The van der Waals surface area contributed by atoms with Gasteiger partial charge in [0.15, 0.2) is 0 Å². The highest BCUT2D eigenvalue weighted by Crippen LogP contribution is 2.21. The van der Waals surface area contributed by atoms with Gasteiger partial charge in [0, 0.05) is 11.8 Å². The number of halogens is 2. The summed E-state index contributed by atoms with van der Waals surface area (Å²) in [6.45, 7) is 0. The van der Waals surface area contributed by atoms with Crippen molar-refractivity contribution in [2.45, 2.75) is 6.42 Å². The Bertz CT molecular complexity index is 743. The van der Waals surface area contributed by atoms with E-state index in [0.29, 0.717) is 12.0 Å². The molecule has 3 rings (SSSR count). The predicted octanol–water partition coefficient (Wildman–Crippen LogP) is 4.01. The van der Waals surface area contributed by atoms with Gasteiger partial charge < -0.3 is 0 Å². The lowest BCUT2D eigenvalue weighted by molar-refractivity contribution is 0.613. The van der Waals surface area contributed by atoms with E-state index in [2.05, 4.69) is 9.97 Å². The maximum absolute atomic E-state index is 13.7. The van der Waals surface area contributed by atoms with E-state index >= 15 is 0 Å². The number of hydrogen-bond donors (Lipinski definition) is 0. The normalized spacial score (nSPS) is 10.8. The van der Waals surface area contributed by atoms with Gasteiger partial charge in [-0.15, -0.1) is 0 Å². The first kappa shape index (κ1) is 12.1. The van der Waals surface area contributed by atoms with Crippen LogP contribution in [0.1, 0.15) is 11.3 Å². The summed E-state index contributed by atoms with van der Waals surface area (Å²) in [6.07, 6.45) is 0.398. The summed E-state index contributed by atoms with van der Waals surface area (Å²) in [5.41, 5.74) is 2.11. The molecule has 0 atom stereocenters. The van der Waals surface area contributed by atoms with Crippen LogP contribution in [-0.2, 0) is 6.42 Å². The Morgan fingerprint density at radius 3 is 2.53 bits per heavy atom. The first-order valence-electron chi connectivity index (χ1n) is 5.88. The summed E-state index contributed by atoms with van der Waals surface area (Å²) in [5, 5.41) is 1.08. The van der Waals surface area contributed by atoms with Crippen molar-refractivity contribution >= 4 is 22.5 Å². The van der Waals surface area contributed by atoms with Crippen molar-refractivity contribution < 1.29 is 4.39 Å². The van der Waals surface area contributed by atoms with E-state index in [4.69, 9.17) is 11.6 Å². The van der Waals surface area contributed by atoms with Gasteiger partial charge in [-0.2, -0.15) is 0 Å². The molecule has 0 unspecified atom stereocenters. The number of nitrogens with zero attached hydrogens (tertiary/aromatic N) is 2. The maximum atomic E-state index is 13.7. The van der Waals surface area contributed by atoms with Crippen LogP contribution in [0.15, 0.2) is 48.5 Å². The Morgan fingerprint density at radius 1 is 0.947 bits per heavy atom. The molecule has 0 fully saturated rings. The molecule has 0 spiro atoms. The van der Waals surface area contributed by atoms with Crippen LogP contribution in [0.5, 0.6) is 0 Å². The lowest BCUT2D eigenvalue weighted by atomic mass is 10.1. The molecule has 4 heteroatoms. The van der Waals surface area contributed by atoms with Gasteiger partial charge in [-0.05, 0) is 29.3 Å². The van der Waals surface area contributed by atoms with E-state index in [0.717, 1.165) is 16.6 Å². The highest BCUT2D eigenvalue weighted by Gasteiger charge is 2.09. The van der Waals surface area contributed by atoms with Crippen LogP contribution in [0.2, 0.25) is 5.28 Å². The highest BCUT2D eigenvalue weighted by molar-refractivity contribution is 6.28. The molecule has 0 saturated carbocycles. The molecule has 0 aliphatic carbocycles. The Balaban J connectivity index is 2.13. The van der Waals surface area contributed by atoms with E-state index in [1.54, 1.807) is 12.1 Å². The quantitative estimate of drug-likeness (QED) is 0.659. The van der Waals surface area contributed by atoms with Crippen LogP contribution in [0.4, 0.5) is 4.39 Å². The third-order valence-corrected chi connectivity index (χ3v) is 3.14. The van der Waals surface area contributed by atoms with E-state index in [9.17, 15) is 4.39 Å². The standard InChI is InChI=1S/C15H10ClFN2/c16-15-18-13-8-4-2-6-11(13)14(19-15)9-10-5-1-3-7-12(10)17/h1-8H,9H2. The summed E-state index contributed by atoms with van der Waals surface area (Å²) in [7, 11) is 0. The molecule has 2 aromatic carbocycles. The Hall–Kier alpha value is -2.00. The largest absolute Gasteiger partial charge is 0.223 e. The average Bonchev–Trinajstić information content (AvgIpc) is 2.41. The number of benzene rings is 2. The molecule has 0 aliphatic heterocycles. The van der Waals surface area contributed by atoms with E-state index in [1.165, 1.54) is 6.07 Å². The molecular formula is C15H10ClFN2. The second kappa shape index (κ2) is 4.94. The van der Waals surface area contributed by atoms with Crippen molar-refractivity contribution in [3.8, 4) is 0 Å². The second-order valence-corrected chi connectivity index (χ2v) is 4.56. The fraction of sp³-hybridized carbons (Fsp3) is 0.0667. The minimum atomic E-state index is -0.235. The third kappa shape index (κ3) is 2.42. The summed E-state index contributed by atoms with van der Waals surface area (Å²) in [6, 6.07) is 14.3. The van der Waals surface area contributed by atoms with Crippen LogP contribution in [-0.4, -0.2) is 9.97 Å². The first-order chi connectivity index (χ1) is 9.24. The Morgan fingerprint density at radius 2 is 1.68 bits per heavy atom. The third-order valence-electron chi connectivity index (χ3n) is 2.97. The predicted molar refractivity (Wildman–Crippen MR) is 73.8 cm³/mol. The van der Waals surface area contributed by atoms with Crippen LogP contribution < -0.4 is 0 Å². The molecule has 1 heterocycles. The fourth-order valence-electron chi connectivity index (χ4n) is 2.07. The summed E-state index contributed by atoms with van der Waals surface area (Å²) < 4.78 is 13.7. The molecule has 0 N–H and O–H groups in total. The van der Waals surface area contributed by atoms with Crippen molar-refractivity contribution in [1.82, 2.24) is 9.97 Å². The molecule has 0 saturated heterocycles. The van der Waals surface area contributed by atoms with Gasteiger partial charge in [-0.25, -0.2) is 14.4 Å². The highest BCUT2D eigenvalue weighted by atomic mass is 35.5. The molecule has 94 valence electrons. The van der Waals surface area contributed by atoms with Gasteiger partial charge in [-0.3, -0.25) is 0 Å². The van der Waals surface area contributed by atoms with Crippen molar-refractivity contribution in [3.63, 3.8) is 0 Å². The van der Waals surface area contributed by atoms with Crippen LogP contribution in [0.3, 0.4) is 0 Å². The van der Waals surface area contributed by atoms with Gasteiger partial charge in [0.25, 0.3) is 0 Å². The van der Waals surface area contributed by atoms with Crippen LogP contribution in [0.25, 0.3) is 10.9 Å². The number of fused-ring (bicyclic) bond motifs is 1. The van der Waals surface area contributed by atoms with Crippen molar-refractivity contribution in [2.75, 3.05) is 0 Å². The number of para-hydroxylation sites is 1. The van der Waals surface area contributed by atoms with Crippen LogP contribution >= 0.6 is 11.6 Å². The molecule has 1 aromatic heterocycles. The minimum absolute atomic E-state index is 0.185. The van der Waals surface area contributed by atoms with Gasteiger partial charge in [0.05, 0.1) is 11.2 Å². The SMILES string of the molecule is Fc1ccccc1Cc1nc(Cl)nc2ccccc12. The topological polar surface area (TPSA) is 25.8 Å². The van der Waals surface area contributed by atoms with Crippen molar-refractivity contribution in [1.29, 1.82) is 0 Å². The molecule has 2 nitrogen and oxygen atoms in total. The molecule has 3 aromatic rings. The second-order valence-electron chi connectivity index (χ2n) is 4.22. The average molecular weight is 273 g/mol. The van der Waals surface area contributed by atoms with Crippen molar-refractivity contribution in [2.24, 2.45) is 0 Å². The zero-order valence-electron chi connectivity index (χ0n) is 9.98. The molecule has 0 bridgehead atoms. The lowest BCUT2D eigenvalue weighted by Crippen LogP contribution is -1.98. The monoisotopic (exact) mass is 272 g/mol. The van der Waals surface area contributed by atoms with Crippen LogP contribution in [0, 0.1) is 5.82 Å². The molecule has 0 radical (unpaired) electrons. The molecule has 19 heavy (non-hydrogen) atoms. The number of hydrogen-bond acceptors (Lipinski definition) is 2. The molecule has 0 amide bonds. The zero-order chi connectivity index (χ0) is 13.2. The fourth-order valence-corrected chi connectivity index (χ4v) is 2.26. The van der Waals surface area contributed by atoms with Gasteiger partial charge in [0.1, 0.15) is 5.82 Å². The minimum Gasteiger partial charge on any atom is -0.222 e. The smallest absolute Gasteiger partial charge is 0.222 e. The first-order valence-corrected chi connectivity index (χ1v) is 6.26. The molecular weight excluding hydrogens is 263 g/mol. The van der Waals surface area contributed by atoms with E-state index in [-0.39, 0.29) is 11.1 Å². The van der Waals surface area contributed by atoms with E-state index < -0.39 is 0 Å².